The predicted octanol–water partition coefficient (Wildman–Crippen LogP) is 1.19. The number of benzene rings is 1. The molecule has 1 aliphatic rings. The van der Waals surface area contributed by atoms with E-state index in [0.29, 0.717) is 25.2 Å². The minimum absolute atomic E-state index is 0.317. The number of carboxylic acids is 1. The van der Waals surface area contributed by atoms with Crippen LogP contribution in [0.5, 0.6) is 0 Å². The second kappa shape index (κ2) is 5.06. The Morgan fingerprint density at radius 3 is 2.61 bits per heavy atom. The molecule has 0 spiro atoms. The number of ether oxygens (including phenoxy) is 2. The molecule has 0 radical (unpaired) electrons. The first-order chi connectivity index (χ1) is 8.58. The maximum atomic E-state index is 10.9. The number of carboxylic acid groups (broad SMARTS) is 1. The summed E-state index contributed by atoms with van der Waals surface area (Å²) in [5, 5.41) is 8.92. The Labute approximate surface area is 106 Å². The van der Waals surface area contributed by atoms with Crippen LogP contribution in [0.1, 0.15) is 15.9 Å². The van der Waals surface area contributed by atoms with Gasteiger partial charge in [-0.2, -0.15) is 0 Å². The normalized spacial score (nSPS) is 18.3. The molecular weight excluding hydrogens is 234 g/mol. The average Bonchev–Trinajstić information content (AvgIpc) is 2.33. The Bertz CT molecular complexity index is 434. The van der Waals surface area contributed by atoms with Gasteiger partial charge in [-0.25, -0.2) is 4.79 Å². The first-order valence-electron chi connectivity index (χ1n) is 5.73. The fourth-order valence-corrected chi connectivity index (χ4v) is 2.15. The fourth-order valence-electron chi connectivity index (χ4n) is 2.15. The van der Waals surface area contributed by atoms with Crippen molar-refractivity contribution in [3.63, 3.8) is 0 Å². The number of rotatable bonds is 5. The number of aromatic carboxylic acids is 1. The maximum Gasteiger partial charge on any atom is 0.335 e. The Balaban J connectivity index is 1.96. The molecule has 2 rings (SSSR count). The Hall–Kier alpha value is -1.43. The number of likely N-dealkylation sites (tertiary alicyclic amines) is 1. The largest absolute Gasteiger partial charge is 0.478 e. The highest BCUT2D eigenvalue weighted by atomic mass is 16.7. The van der Waals surface area contributed by atoms with Gasteiger partial charge in [-0.3, -0.25) is 4.90 Å². The molecule has 18 heavy (non-hydrogen) atoms. The van der Waals surface area contributed by atoms with Gasteiger partial charge in [0.2, 0.25) is 0 Å². The summed E-state index contributed by atoms with van der Waals surface area (Å²) >= 11 is 0. The number of hydrogen-bond donors (Lipinski definition) is 1. The van der Waals surface area contributed by atoms with Crippen LogP contribution in [0.2, 0.25) is 0 Å². The first kappa shape index (κ1) is 13.0. The Kier molecular flexibility index (Phi) is 3.65. The van der Waals surface area contributed by atoms with Crippen molar-refractivity contribution in [2.75, 3.05) is 27.3 Å². The van der Waals surface area contributed by atoms with Gasteiger partial charge in [0.25, 0.3) is 0 Å². The van der Waals surface area contributed by atoms with Gasteiger partial charge in [0.05, 0.1) is 18.7 Å². The second-order valence-electron chi connectivity index (χ2n) is 4.47. The third kappa shape index (κ3) is 2.53. The highest BCUT2D eigenvalue weighted by Gasteiger charge is 2.43. The van der Waals surface area contributed by atoms with Crippen LogP contribution in [0.4, 0.5) is 0 Å². The van der Waals surface area contributed by atoms with E-state index in [1.165, 1.54) is 0 Å². The molecule has 98 valence electrons. The maximum absolute atomic E-state index is 10.9. The lowest BCUT2D eigenvalue weighted by Gasteiger charge is -2.47. The summed E-state index contributed by atoms with van der Waals surface area (Å²) in [6, 6.07) is 6.98. The van der Waals surface area contributed by atoms with Crippen LogP contribution < -0.4 is 0 Å². The van der Waals surface area contributed by atoms with E-state index < -0.39 is 11.8 Å². The zero-order valence-corrected chi connectivity index (χ0v) is 10.5. The fraction of sp³-hybridized carbons (Fsp3) is 0.462. The molecule has 1 N–H and O–H groups in total. The molecule has 0 saturated carbocycles. The van der Waals surface area contributed by atoms with E-state index in [0.717, 1.165) is 5.56 Å². The summed E-state index contributed by atoms with van der Waals surface area (Å²) in [5.74, 6) is -1.40. The van der Waals surface area contributed by atoms with Gasteiger partial charge >= 0.3 is 5.97 Å². The third-order valence-electron chi connectivity index (χ3n) is 3.25. The molecule has 1 heterocycles. The van der Waals surface area contributed by atoms with Crippen LogP contribution in [0, 0.1) is 0 Å². The number of nitrogens with zero attached hydrogens (tertiary/aromatic N) is 1. The molecule has 0 aromatic heterocycles. The summed E-state index contributed by atoms with van der Waals surface area (Å²) < 4.78 is 10.6. The smallest absolute Gasteiger partial charge is 0.335 e. The summed E-state index contributed by atoms with van der Waals surface area (Å²) in [6.07, 6.45) is 0. The standard InChI is InChI=1S/C13H17NO4/c1-17-13(18-2)8-14(9-13)7-10-4-3-5-11(6-10)12(15)16/h3-6H,7-9H2,1-2H3,(H,15,16). The molecule has 0 unspecified atom stereocenters. The van der Waals surface area contributed by atoms with Crippen LogP contribution in [-0.2, 0) is 16.0 Å². The summed E-state index contributed by atoms with van der Waals surface area (Å²) in [4.78, 5) is 13.0. The van der Waals surface area contributed by atoms with Gasteiger partial charge in [0, 0.05) is 20.8 Å². The van der Waals surface area contributed by atoms with E-state index >= 15 is 0 Å². The molecule has 0 atom stereocenters. The molecule has 0 bridgehead atoms. The van der Waals surface area contributed by atoms with Crippen molar-refractivity contribution in [2.24, 2.45) is 0 Å². The highest BCUT2D eigenvalue weighted by Crippen LogP contribution is 2.26. The molecule has 1 aliphatic heterocycles. The van der Waals surface area contributed by atoms with Gasteiger partial charge in [-0.1, -0.05) is 12.1 Å². The molecular formula is C13H17NO4. The molecule has 1 aromatic carbocycles. The van der Waals surface area contributed by atoms with Crippen LogP contribution >= 0.6 is 0 Å². The summed E-state index contributed by atoms with van der Waals surface area (Å²) in [7, 11) is 3.26. The van der Waals surface area contributed by atoms with Crippen LogP contribution in [-0.4, -0.2) is 49.1 Å². The van der Waals surface area contributed by atoms with E-state index in [4.69, 9.17) is 14.6 Å². The first-order valence-corrected chi connectivity index (χ1v) is 5.73. The molecule has 5 heteroatoms. The molecule has 0 amide bonds. The molecule has 1 fully saturated rings. The van der Waals surface area contributed by atoms with Crippen LogP contribution in [0.15, 0.2) is 24.3 Å². The van der Waals surface area contributed by atoms with Gasteiger partial charge in [-0.15, -0.1) is 0 Å². The van der Waals surface area contributed by atoms with Crippen molar-refractivity contribution in [1.82, 2.24) is 4.90 Å². The molecule has 1 saturated heterocycles. The number of methoxy groups -OCH3 is 2. The van der Waals surface area contributed by atoms with E-state index in [9.17, 15) is 4.79 Å². The molecule has 5 nitrogen and oxygen atoms in total. The van der Waals surface area contributed by atoms with E-state index in [-0.39, 0.29) is 0 Å². The second-order valence-corrected chi connectivity index (χ2v) is 4.47. The minimum atomic E-state index is -0.899. The van der Waals surface area contributed by atoms with Gasteiger partial charge in [0.15, 0.2) is 5.79 Å². The Morgan fingerprint density at radius 2 is 2.06 bits per heavy atom. The van der Waals surface area contributed by atoms with Crippen molar-refractivity contribution < 1.29 is 19.4 Å². The van der Waals surface area contributed by atoms with E-state index in [2.05, 4.69) is 4.90 Å². The highest BCUT2D eigenvalue weighted by molar-refractivity contribution is 5.87. The lowest BCUT2D eigenvalue weighted by molar-refractivity contribution is -0.277. The summed E-state index contributed by atoms with van der Waals surface area (Å²) in [5.41, 5.74) is 1.30. The van der Waals surface area contributed by atoms with Crippen molar-refractivity contribution in [1.29, 1.82) is 0 Å². The number of hydrogen-bond acceptors (Lipinski definition) is 4. The average molecular weight is 251 g/mol. The zero-order valence-electron chi connectivity index (χ0n) is 10.5. The van der Waals surface area contributed by atoms with Crippen LogP contribution in [0.3, 0.4) is 0 Å². The van der Waals surface area contributed by atoms with Crippen molar-refractivity contribution >= 4 is 5.97 Å². The van der Waals surface area contributed by atoms with Crippen LogP contribution in [0.25, 0.3) is 0 Å². The topological polar surface area (TPSA) is 59.0 Å². The SMILES string of the molecule is COC1(OC)CN(Cc2cccc(C(=O)O)c2)C1. The lowest BCUT2D eigenvalue weighted by Crippen LogP contribution is -2.63. The van der Waals surface area contributed by atoms with Crippen molar-refractivity contribution in [3.8, 4) is 0 Å². The predicted molar refractivity (Wildman–Crippen MR) is 65.4 cm³/mol. The van der Waals surface area contributed by atoms with E-state index in [1.807, 2.05) is 6.07 Å². The number of carbonyl (C=O) groups is 1. The van der Waals surface area contributed by atoms with Crippen molar-refractivity contribution in [3.05, 3.63) is 35.4 Å². The van der Waals surface area contributed by atoms with Crippen molar-refractivity contribution in [2.45, 2.75) is 12.3 Å². The minimum Gasteiger partial charge on any atom is -0.478 e. The van der Waals surface area contributed by atoms with Gasteiger partial charge in [-0.05, 0) is 17.7 Å². The summed E-state index contributed by atoms with van der Waals surface area (Å²) in [6.45, 7) is 2.09. The molecule has 1 aromatic rings. The molecule has 0 aliphatic carbocycles. The lowest BCUT2D eigenvalue weighted by atomic mass is 10.0. The zero-order chi connectivity index (χ0) is 13.2. The quantitative estimate of drug-likeness (QED) is 0.797. The van der Waals surface area contributed by atoms with Gasteiger partial charge < -0.3 is 14.6 Å². The van der Waals surface area contributed by atoms with E-state index in [1.54, 1.807) is 32.4 Å². The Morgan fingerprint density at radius 1 is 1.39 bits per heavy atom. The van der Waals surface area contributed by atoms with Gasteiger partial charge in [0.1, 0.15) is 0 Å². The third-order valence-corrected chi connectivity index (χ3v) is 3.25. The monoisotopic (exact) mass is 251 g/mol.